The van der Waals surface area contributed by atoms with Crippen molar-refractivity contribution in [1.82, 2.24) is 0 Å². The number of para-hydroxylation sites is 1. The van der Waals surface area contributed by atoms with E-state index in [1.54, 1.807) is 36.4 Å². The molecule has 0 saturated carbocycles. The highest BCUT2D eigenvalue weighted by atomic mass is 16.2. The van der Waals surface area contributed by atoms with E-state index in [0.29, 0.717) is 16.8 Å². The molecule has 2 N–H and O–H groups in total. The zero-order chi connectivity index (χ0) is 13.4. The number of nitrogens with two attached hydrogens (primary N) is 1. The van der Waals surface area contributed by atoms with Crippen LogP contribution in [0, 0.1) is 0 Å². The Balaban J connectivity index is 2.17. The monoisotopic (exact) mass is 252 g/mol. The van der Waals surface area contributed by atoms with Crippen LogP contribution in [0.1, 0.15) is 22.0 Å². The highest BCUT2D eigenvalue weighted by Crippen LogP contribution is 2.36. The third kappa shape index (κ3) is 1.69. The third-order valence-electron chi connectivity index (χ3n) is 3.27. The van der Waals surface area contributed by atoms with Gasteiger partial charge in [-0.3, -0.25) is 14.5 Å². The van der Waals surface area contributed by atoms with Crippen molar-refractivity contribution in [1.29, 1.82) is 0 Å². The lowest BCUT2D eigenvalue weighted by atomic mass is 10.0. The fourth-order valence-corrected chi connectivity index (χ4v) is 2.45. The van der Waals surface area contributed by atoms with Gasteiger partial charge in [0.15, 0.2) is 0 Å². The molecule has 2 aromatic carbocycles. The minimum absolute atomic E-state index is 0.189. The number of amides is 2. The summed E-state index contributed by atoms with van der Waals surface area (Å²) < 4.78 is 0. The lowest BCUT2D eigenvalue weighted by molar-refractivity contribution is -0.119. The lowest BCUT2D eigenvalue weighted by Gasteiger charge is -2.22. The Morgan fingerprint density at radius 2 is 1.63 bits per heavy atom. The molecule has 0 fully saturated rings. The average molecular weight is 252 g/mol. The highest BCUT2D eigenvalue weighted by molar-refractivity contribution is 6.15. The fourth-order valence-electron chi connectivity index (χ4n) is 2.45. The molecule has 1 atom stereocenters. The van der Waals surface area contributed by atoms with Crippen LogP contribution in [0.5, 0.6) is 0 Å². The van der Waals surface area contributed by atoms with Crippen LogP contribution in [0.25, 0.3) is 0 Å². The van der Waals surface area contributed by atoms with Gasteiger partial charge in [-0.05, 0) is 23.8 Å². The predicted molar refractivity (Wildman–Crippen MR) is 71.6 cm³/mol. The van der Waals surface area contributed by atoms with Crippen LogP contribution in [-0.2, 0) is 4.79 Å². The van der Waals surface area contributed by atoms with Gasteiger partial charge in [-0.1, -0.05) is 36.4 Å². The number of benzene rings is 2. The van der Waals surface area contributed by atoms with Crippen LogP contribution in [0.3, 0.4) is 0 Å². The van der Waals surface area contributed by atoms with Crippen molar-refractivity contribution in [2.75, 3.05) is 4.90 Å². The summed E-state index contributed by atoms with van der Waals surface area (Å²) in [6, 6.07) is 15.4. The summed E-state index contributed by atoms with van der Waals surface area (Å²) in [6.07, 6.45) is 0. The first-order valence-corrected chi connectivity index (χ1v) is 5.97. The SMILES string of the molecule is NC(=O)[C@H]1c2ccccc2C(=O)N1c1ccccc1. The average Bonchev–Trinajstić information content (AvgIpc) is 2.74. The first-order chi connectivity index (χ1) is 9.20. The van der Waals surface area contributed by atoms with Gasteiger partial charge in [0, 0.05) is 11.3 Å². The van der Waals surface area contributed by atoms with Gasteiger partial charge in [0.25, 0.3) is 5.91 Å². The maximum Gasteiger partial charge on any atom is 0.259 e. The van der Waals surface area contributed by atoms with Crippen molar-refractivity contribution in [3.63, 3.8) is 0 Å². The van der Waals surface area contributed by atoms with Crippen LogP contribution in [0.2, 0.25) is 0 Å². The fraction of sp³-hybridized carbons (Fsp3) is 0.0667. The summed E-state index contributed by atoms with van der Waals surface area (Å²) in [4.78, 5) is 25.6. The molecule has 2 amide bonds. The number of anilines is 1. The van der Waals surface area contributed by atoms with Gasteiger partial charge in [-0.2, -0.15) is 0 Å². The van der Waals surface area contributed by atoms with Gasteiger partial charge in [-0.25, -0.2) is 0 Å². The van der Waals surface area contributed by atoms with Gasteiger partial charge in [0.2, 0.25) is 5.91 Å². The molecular weight excluding hydrogens is 240 g/mol. The summed E-state index contributed by atoms with van der Waals surface area (Å²) in [5, 5.41) is 0. The first-order valence-electron chi connectivity index (χ1n) is 5.97. The van der Waals surface area contributed by atoms with E-state index in [1.807, 2.05) is 18.2 Å². The molecule has 1 aliphatic rings. The Bertz CT molecular complexity index is 652. The van der Waals surface area contributed by atoms with Crippen LogP contribution >= 0.6 is 0 Å². The van der Waals surface area contributed by atoms with Crippen molar-refractivity contribution in [2.24, 2.45) is 5.73 Å². The molecule has 0 aromatic heterocycles. The van der Waals surface area contributed by atoms with Crippen LogP contribution < -0.4 is 10.6 Å². The third-order valence-corrected chi connectivity index (χ3v) is 3.27. The van der Waals surface area contributed by atoms with Gasteiger partial charge >= 0.3 is 0 Å². The topological polar surface area (TPSA) is 63.4 Å². The smallest absolute Gasteiger partial charge is 0.259 e. The predicted octanol–water partition coefficient (Wildman–Crippen LogP) is 1.87. The molecule has 1 heterocycles. The molecule has 0 aliphatic carbocycles. The van der Waals surface area contributed by atoms with E-state index < -0.39 is 11.9 Å². The van der Waals surface area contributed by atoms with E-state index >= 15 is 0 Å². The number of hydrogen-bond acceptors (Lipinski definition) is 2. The molecule has 94 valence electrons. The number of hydrogen-bond donors (Lipinski definition) is 1. The van der Waals surface area contributed by atoms with E-state index in [9.17, 15) is 9.59 Å². The van der Waals surface area contributed by atoms with E-state index in [4.69, 9.17) is 5.73 Å². The molecule has 0 radical (unpaired) electrons. The molecule has 3 rings (SSSR count). The summed E-state index contributed by atoms with van der Waals surface area (Å²) in [5.74, 6) is -0.715. The Hall–Kier alpha value is -2.62. The number of primary amides is 1. The molecule has 0 spiro atoms. The van der Waals surface area contributed by atoms with Gasteiger partial charge in [0.05, 0.1) is 0 Å². The molecule has 0 saturated heterocycles. The summed E-state index contributed by atoms with van der Waals surface area (Å²) in [6.45, 7) is 0. The van der Waals surface area contributed by atoms with Gasteiger partial charge in [0.1, 0.15) is 6.04 Å². The Kier molecular flexibility index (Phi) is 2.56. The lowest BCUT2D eigenvalue weighted by Crippen LogP contribution is -2.36. The van der Waals surface area contributed by atoms with Crippen molar-refractivity contribution in [3.8, 4) is 0 Å². The van der Waals surface area contributed by atoms with Gasteiger partial charge in [-0.15, -0.1) is 0 Å². The van der Waals surface area contributed by atoms with Crippen LogP contribution in [-0.4, -0.2) is 11.8 Å². The second-order valence-electron chi connectivity index (χ2n) is 4.40. The van der Waals surface area contributed by atoms with Gasteiger partial charge < -0.3 is 5.73 Å². The maximum absolute atomic E-state index is 12.4. The number of carbonyl (C=O) groups excluding carboxylic acids is 2. The molecule has 0 unspecified atom stereocenters. The Morgan fingerprint density at radius 3 is 2.32 bits per heavy atom. The van der Waals surface area contributed by atoms with Crippen molar-refractivity contribution in [3.05, 3.63) is 65.7 Å². The molecule has 1 aliphatic heterocycles. The van der Waals surface area contributed by atoms with E-state index in [-0.39, 0.29) is 5.91 Å². The number of carbonyl (C=O) groups is 2. The van der Waals surface area contributed by atoms with Crippen LogP contribution in [0.15, 0.2) is 54.6 Å². The molecule has 0 bridgehead atoms. The van der Waals surface area contributed by atoms with Crippen molar-refractivity contribution >= 4 is 17.5 Å². The van der Waals surface area contributed by atoms with Crippen molar-refractivity contribution in [2.45, 2.75) is 6.04 Å². The van der Waals surface area contributed by atoms with E-state index in [0.717, 1.165) is 0 Å². The molecule has 19 heavy (non-hydrogen) atoms. The zero-order valence-corrected chi connectivity index (χ0v) is 10.1. The summed E-state index contributed by atoms with van der Waals surface area (Å²) >= 11 is 0. The van der Waals surface area contributed by atoms with Crippen molar-refractivity contribution < 1.29 is 9.59 Å². The first kappa shape index (κ1) is 11.5. The second kappa shape index (κ2) is 4.24. The molecule has 2 aromatic rings. The largest absolute Gasteiger partial charge is 0.368 e. The molecule has 4 heteroatoms. The number of fused-ring (bicyclic) bond motifs is 1. The van der Waals surface area contributed by atoms with E-state index in [2.05, 4.69) is 0 Å². The quantitative estimate of drug-likeness (QED) is 0.886. The minimum atomic E-state index is -0.730. The highest BCUT2D eigenvalue weighted by Gasteiger charge is 2.40. The van der Waals surface area contributed by atoms with E-state index in [1.165, 1.54) is 4.90 Å². The maximum atomic E-state index is 12.4. The standard InChI is InChI=1S/C15H12N2O2/c16-14(18)13-11-8-4-5-9-12(11)15(19)17(13)10-6-2-1-3-7-10/h1-9,13H,(H2,16,18)/t13-/m1/s1. The Morgan fingerprint density at radius 1 is 1.00 bits per heavy atom. The number of rotatable bonds is 2. The van der Waals surface area contributed by atoms with Crippen LogP contribution in [0.4, 0.5) is 5.69 Å². The molecule has 4 nitrogen and oxygen atoms in total. The normalized spacial score (nSPS) is 17.4. The Labute approximate surface area is 110 Å². The minimum Gasteiger partial charge on any atom is -0.368 e. The summed E-state index contributed by atoms with van der Waals surface area (Å²) in [5.41, 5.74) is 7.35. The zero-order valence-electron chi connectivity index (χ0n) is 10.1. The number of nitrogens with zero attached hydrogens (tertiary/aromatic N) is 1. The summed E-state index contributed by atoms with van der Waals surface area (Å²) in [7, 11) is 0. The molecular formula is C15H12N2O2. The second-order valence-corrected chi connectivity index (χ2v) is 4.40.